The van der Waals surface area contributed by atoms with E-state index in [4.69, 9.17) is 4.42 Å². The fourth-order valence-electron chi connectivity index (χ4n) is 2.92. The van der Waals surface area contributed by atoms with Crippen LogP contribution in [0, 0.1) is 0 Å². The van der Waals surface area contributed by atoms with Crippen LogP contribution in [0.2, 0.25) is 0 Å². The summed E-state index contributed by atoms with van der Waals surface area (Å²) in [5.41, 5.74) is 3.98. The van der Waals surface area contributed by atoms with E-state index in [1.165, 1.54) is 35.8 Å². The van der Waals surface area contributed by atoms with Crippen LogP contribution in [-0.2, 0) is 6.54 Å². The molecular weight excluding hydrogens is 246 g/mol. The van der Waals surface area contributed by atoms with Crippen LogP contribution in [0.4, 0.5) is 0 Å². The Labute approximate surface area is 121 Å². The molecule has 1 aliphatic rings. The van der Waals surface area contributed by atoms with Gasteiger partial charge in [0.2, 0.25) is 0 Å². The Kier molecular flexibility index (Phi) is 3.84. The van der Waals surface area contributed by atoms with Gasteiger partial charge in [0.25, 0.3) is 0 Å². The molecule has 1 atom stereocenters. The highest BCUT2D eigenvalue weighted by Gasteiger charge is 2.30. The molecule has 0 amide bonds. The SMILES string of the molecule is CCNCc1oc2ccc(C(C)CC)cc2c1C1CC1. The minimum absolute atomic E-state index is 0.624. The lowest BCUT2D eigenvalue weighted by Crippen LogP contribution is -2.12. The Hall–Kier alpha value is -1.28. The van der Waals surface area contributed by atoms with Crippen molar-refractivity contribution in [3.63, 3.8) is 0 Å². The molecule has 1 aliphatic carbocycles. The molecule has 2 aromatic rings. The molecule has 1 saturated carbocycles. The van der Waals surface area contributed by atoms with Crippen LogP contribution in [0.1, 0.15) is 68.8 Å². The van der Waals surface area contributed by atoms with E-state index in [0.29, 0.717) is 5.92 Å². The van der Waals surface area contributed by atoms with Gasteiger partial charge in [0.05, 0.1) is 6.54 Å². The Balaban J connectivity index is 2.05. The number of nitrogens with one attached hydrogen (secondary N) is 1. The molecule has 108 valence electrons. The molecule has 2 heteroatoms. The minimum atomic E-state index is 0.624. The maximum absolute atomic E-state index is 6.11. The Bertz CT molecular complexity index is 595. The highest BCUT2D eigenvalue weighted by atomic mass is 16.3. The molecule has 1 aromatic carbocycles. The Morgan fingerprint density at radius 1 is 1.30 bits per heavy atom. The maximum atomic E-state index is 6.11. The molecule has 1 aromatic heterocycles. The van der Waals surface area contributed by atoms with E-state index in [2.05, 4.69) is 44.3 Å². The lowest BCUT2D eigenvalue weighted by atomic mass is 9.95. The third-order valence-electron chi connectivity index (χ3n) is 4.53. The number of fused-ring (bicyclic) bond motifs is 1. The highest BCUT2D eigenvalue weighted by Crippen LogP contribution is 2.46. The second-order valence-corrected chi connectivity index (χ2v) is 6.06. The molecule has 1 heterocycles. The lowest BCUT2D eigenvalue weighted by Gasteiger charge is -2.08. The second kappa shape index (κ2) is 5.61. The molecule has 3 rings (SSSR count). The number of rotatable bonds is 6. The van der Waals surface area contributed by atoms with Gasteiger partial charge in [0.15, 0.2) is 0 Å². The lowest BCUT2D eigenvalue weighted by molar-refractivity contribution is 0.513. The summed E-state index contributed by atoms with van der Waals surface area (Å²) in [4.78, 5) is 0. The van der Waals surface area contributed by atoms with E-state index in [9.17, 15) is 0 Å². The van der Waals surface area contributed by atoms with Gasteiger partial charge in [-0.15, -0.1) is 0 Å². The van der Waals surface area contributed by atoms with Crippen LogP contribution in [0.25, 0.3) is 11.0 Å². The number of hydrogen-bond acceptors (Lipinski definition) is 2. The first-order valence-corrected chi connectivity index (χ1v) is 8.00. The smallest absolute Gasteiger partial charge is 0.134 e. The largest absolute Gasteiger partial charge is 0.459 e. The average molecular weight is 271 g/mol. The van der Waals surface area contributed by atoms with E-state index in [1.807, 2.05) is 0 Å². The van der Waals surface area contributed by atoms with Gasteiger partial charge < -0.3 is 9.73 Å². The molecule has 0 saturated heterocycles. The summed E-state index contributed by atoms with van der Waals surface area (Å²) in [6.45, 7) is 8.54. The topological polar surface area (TPSA) is 25.2 Å². The number of benzene rings is 1. The summed E-state index contributed by atoms with van der Waals surface area (Å²) in [7, 11) is 0. The van der Waals surface area contributed by atoms with Crippen molar-refractivity contribution in [2.75, 3.05) is 6.54 Å². The van der Waals surface area contributed by atoms with Crippen LogP contribution in [0.5, 0.6) is 0 Å². The zero-order valence-corrected chi connectivity index (χ0v) is 12.8. The van der Waals surface area contributed by atoms with Crippen molar-refractivity contribution in [1.82, 2.24) is 5.32 Å². The summed E-state index contributed by atoms with van der Waals surface area (Å²) in [6, 6.07) is 6.77. The molecular formula is C18H25NO. The van der Waals surface area contributed by atoms with E-state index >= 15 is 0 Å². The van der Waals surface area contributed by atoms with Crippen molar-refractivity contribution < 1.29 is 4.42 Å². The van der Waals surface area contributed by atoms with E-state index in [0.717, 1.165) is 30.4 Å². The Morgan fingerprint density at radius 2 is 2.10 bits per heavy atom. The van der Waals surface area contributed by atoms with Crippen LogP contribution in [-0.4, -0.2) is 6.54 Å². The van der Waals surface area contributed by atoms with Crippen LogP contribution >= 0.6 is 0 Å². The summed E-state index contributed by atoms with van der Waals surface area (Å²) in [5, 5.41) is 4.76. The fraction of sp³-hybridized carbons (Fsp3) is 0.556. The minimum Gasteiger partial charge on any atom is -0.459 e. The average Bonchev–Trinajstić information content (AvgIpc) is 3.24. The van der Waals surface area contributed by atoms with E-state index in [1.54, 1.807) is 0 Å². The first-order valence-electron chi connectivity index (χ1n) is 8.00. The zero-order valence-electron chi connectivity index (χ0n) is 12.8. The Morgan fingerprint density at radius 3 is 2.75 bits per heavy atom. The molecule has 1 N–H and O–H groups in total. The molecule has 0 radical (unpaired) electrons. The third kappa shape index (κ3) is 2.49. The van der Waals surface area contributed by atoms with E-state index in [-0.39, 0.29) is 0 Å². The molecule has 1 fully saturated rings. The van der Waals surface area contributed by atoms with Gasteiger partial charge in [0.1, 0.15) is 11.3 Å². The summed E-state index contributed by atoms with van der Waals surface area (Å²) >= 11 is 0. The first-order chi connectivity index (χ1) is 9.74. The fourth-order valence-corrected chi connectivity index (χ4v) is 2.92. The van der Waals surface area contributed by atoms with Gasteiger partial charge in [0, 0.05) is 10.9 Å². The van der Waals surface area contributed by atoms with Crippen molar-refractivity contribution in [1.29, 1.82) is 0 Å². The summed E-state index contributed by atoms with van der Waals surface area (Å²) < 4.78 is 6.11. The van der Waals surface area contributed by atoms with Crippen molar-refractivity contribution in [2.45, 2.75) is 58.4 Å². The molecule has 2 nitrogen and oxygen atoms in total. The number of furan rings is 1. The summed E-state index contributed by atoms with van der Waals surface area (Å²) in [5.74, 6) is 2.52. The molecule has 0 aliphatic heterocycles. The van der Waals surface area contributed by atoms with Gasteiger partial charge in [-0.1, -0.05) is 26.8 Å². The molecule has 0 bridgehead atoms. The van der Waals surface area contributed by atoms with Crippen LogP contribution in [0.3, 0.4) is 0 Å². The van der Waals surface area contributed by atoms with Gasteiger partial charge in [-0.25, -0.2) is 0 Å². The highest BCUT2D eigenvalue weighted by molar-refractivity contribution is 5.84. The van der Waals surface area contributed by atoms with Crippen molar-refractivity contribution in [3.8, 4) is 0 Å². The maximum Gasteiger partial charge on any atom is 0.134 e. The van der Waals surface area contributed by atoms with Gasteiger partial charge in [-0.3, -0.25) is 0 Å². The molecule has 20 heavy (non-hydrogen) atoms. The van der Waals surface area contributed by atoms with Crippen LogP contribution in [0.15, 0.2) is 22.6 Å². The van der Waals surface area contributed by atoms with Gasteiger partial charge >= 0.3 is 0 Å². The van der Waals surface area contributed by atoms with Crippen molar-refractivity contribution in [3.05, 3.63) is 35.1 Å². The van der Waals surface area contributed by atoms with E-state index < -0.39 is 0 Å². The molecule has 0 spiro atoms. The standard InChI is InChI=1S/C18H25NO/c1-4-12(3)14-8-9-16-15(10-14)18(13-6-7-13)17(20-16)11-19-5-2/h8-10,12-13,19H,4-7,11H2,1-3H3. The first kappa shape index (κ1) is 13.7. The molecule has 1 unspecified atom stereocenters. The second-order valence-electron chi connectivity index (χ2n) is 6.06. The third-order valence-corrected chi connectivity index (χ3v) is 4.53. The van der Waals surface area contributed by atoms with Gasteiger partial charge in [-0.05, 0) is 55.3 Å². The van der Waals surface area contributed by atoms with Crippen molar-refractivity contribution in [2.24, 2.45) is 0 Å². The monoisotopic (exact) mass is 271 g/mol. The quantitative estimate of drug-likeness (QED) is 0.805. The van der Waals surface area contributed by atoms with Crippen LogP contribution < -0.4 is 5.32 Å². The zero-order chi connectivity index (χ0) is 14.1. The number of hydrogen-bond donors (Lipinski definition) is 1. The summed E-state index contributed by atoms with van der Waals surface area (Å²) in [6.07, 6.45) is 3.83. The predicted molar refractivity (Wildman–Crippen MR) is 84.3 cm³/mol. The normalized spacial score (nSPS) is 16.8. The van der Waals surface area contributed by atoms with Crippen molar-refractivity contribution >= 4 is 11.0 Å². The van der Waals surface area contributed by atoms with Gasteiger partial charge in [-0.2, -0.15) is 0 Å². The predicted octanol–water partition coefficient (Wildman–Crippen LogP) is 4.93.